The number of carbonyl (C=O) groups excluding carboxylic acids is 1. The summed E-state index contributed by atoms with van der Waals surface area (Å²) in [5.41, 5.74) is 3.15. The largest absolute Gasteiger partial charge is 0.495 e. The lowest BCUT2D eigenvalue weighted by Crippen LogP contribution is -2.15. The fraction of sp³-hybridized carbons (Fsp3) is 0.316. The van der Waals surface area contributed by atoms with Crippen molar-refractivity contribution < 1.29 is 9.53 Å². The van der Waals surface area contributed by atoms with E-state index < -0.39 is 0 Å². The number of thiophene rings is 1. The lowest BCUT2D eigenvalue weighted by atomic mass is 10.2. The first-order valence-corrected chi connectivity index (χ1v) is 10.3. The lowest BCUT2D eigenvalue weighted by Gasteiger charge is -2.11. The molecule has 1 N–H and O–H groups in total. The minimum absolute atomic E-state index is 0.0717. The minimum Gasteiger partial charge on any atom is -0.495 e. The predicted octanol–water partition coefficient (Wildman–Crippen LogP) is 4.23. The van der Waals surface area contributed by atoms with Crippen molar-refractivity contribution in [1.82, 2.24) is 9.97 Å². The molecule has 1 aromatic carbocycles. The zero-order chi connectivity index (χ0) is 18.1. The molecule has 134 valence electrons. The number of carbonyl (C=O) groups is 1. The van der Waals surface area contributed by atoms with E-state index in [1.54, 1.807) is 24.8 Å². The Morgan fingerprint density at radius 1 is 1.35 bits per heavy atom. The van der Waals surface area contributed by atoms with Crippen molar-refractivity contribution in [2.45, 2.75) is 31.2 Å². The summed E-state index contributed by atoms with van der Waals surface area (Å²) in [6.07, 6.45) is 5.01. The van der Waals surface area contributed by atoms with Gasteiger partial charge in [0, 0.05) is 10.3 Å². The molecular formula is C19H19N3O2S2. The van der Waals surface area contributed by atoms with E-state index >= 15 is 0 Å². The van der Waals surface area contributed by atoms with Gasteiger partial charge in [-0.05, 0) is 49.4 Å². The number of aryl methyl sites for hydroxylation is 3. The van der Waals surface area contributed by atoms with Crippen molar-refractivity contribution >= 4 is 44.9 Å². The second-order valence-corrected chi connectivity index (χ2v) is 8.30. The van der Waals surface area contributed by atoms with Crippen LogP contribution in [0, 0.1) is 6.92 Å². The average molecular weight is 386 g/mol. The second kappa shape index (κ2) is 7.25. The van der Waals surface area contributed by atoms with Crippen molar-refractivity contribution in [3.63, 3.8) is 0 Å². The molecule has 0 saturated heterocycles. The highest BCUT2D eigenvalue weighted by molar-refractivity contribution is 8.00. The molecule has 1 amide bonds. The number of ether oxygens (including phenoxy) is 1. The van der Waals surface area contributed by atoms with Gasteiger partial charge in [0.25, 0.3) is 0 Å². The Labute approximate surface area is 160 Å². The van der Waals surface area contributed by atoms with Gasteiger partial charge >= 0.3 is 0 Å². The summed E-state index contributed by atoms with van der Waals surface area (Å²) in [6.45, 7) is 1.98. The van der Waals surface area contributed by atoms with Crippen LogP contribution in [0.2, 0.25) is 0 Å². The second-order valence-electron chi connectivity index (χ2n) is 6.26. The van der Waals surface area contributed by atoms with Crippen molar-refractivity contribution in [1.29, 1.82) is 0 Å². The third-order valence-corrected chi connectivity index (χ3v) is 6.62. The number of hydrogen-bond donors (Lipinski definition) is 1. The number of methoxy groups -OCH3 is 1. The molecule has 5 nitrogen and oxygen atoms in total. The zero-order valence-corrected chi connectivity index (χ0v) is 16.3. The average Bonchev–Trinajstić information content (AvgIpc) is 3.21. The van der Waals surface area contributed by atoms with Crippen LogP contribution in [-0.4, -0.2) is 28.7 Å². The Morgan fingerprint density at radius 2 is 2.23 bits per heavy atom. The number of amides is 1. The Bertz CT molecular complexity index is 984. The van der Waals surface area contributed by atoms with Gasteiger partial charge in [0.05, 0.1) is 18.6 Å². The molecule has 0 bridgehead atoms. The van der Waals surface area contributed by atoms with Gasteiger partial charge in [-0.25, -0.2) is 9.97 Å². The molecule has 7 heteroatoms. The van der Waals surface area contributed by atoms with Gasteiger partial charge in [-0.15, -0.1) is 11.3 Å². The molecule has 0 spiro atoms. The van der Waals surface area contributed by atoms with Crippen LogP contribution in [0.3, 0.4) is 0 Å². The summed E-state index contributed by atoms with van der Waals surface area (Å²) < 4.78 is 5.32. The van der Waals surface area contributed by atoms with Gasteiger partial charge < -0.3 is 10.1 Å². The fourth-order valence-electron chi connectivity index (χ4n) is 3.25. The molecule has 0 radical (unpaired) electrons. The molecule has 2 aromatic heterocycles. The third kappa shape index (κ3) is 3.29. The normalized spacial score (nSPS) is 13.0. The molecule has 4 rings (SSSR count). The summed E-state index contributed by atoms with van der Waals surface area (Å²) in [4.78, 5) is 23.8. The molecule has 0 saturated carbocycles. The van der Waals surface area contributed by atoms with Crippen molar-refractivity contribution in [3.05, 3.63) is 40.5 Å². The van der Waals surface area contributed by atoms with Crippen molar-refractivity contribution in [2.24, 2.45) is 0 Å². The van der Waals surface area contributed by atoms with Crippen LogP contribution in [0.5, 0.6) is 5.75 Å². The van der Waals surface area contributed by atoms with Crippen molar-refractivity contribution in [3.8, 4) is 5.75 Å². The first-order valence-electron chi connectivity index (χ1n) is 8.48. The van der Waals surface area contributed by atoms with Crippen LogP contribution in [0.1, 0.15) is 22.4 Å². The number of rotatable bonds is 5. The predicted molar refractivity (Wildman–Crippen MR) is 107 cm³/mol. The molecule has 2 heterocycles. The first kappa shape index (κ1) is 17.3. The van der Waals surface area contributed by atoms with E-state index in [0.29, 0.717) is 17.2 Å². The van der Waals surface area contributed by atoms with Crippen LogP contribution in [0.15, 0.2) is 29.6 Å². The van der Waals surface area contributed by atoms with Crippen molar-refractivity contribution in [2.75, 3.05) is 18.2 Å². The molecule has 3 aromatic rings. The summed E-state index contributed by atoms with van der Waals surface area (Å²) in [7, 11) is 1.60. The topological polar surface area (TPSA) is 64.1 Å². The number of aromatic nitrogens is 2. The number of hydrogen-bond acceptors (Lipinski definition) is 6. The maximum atomic E-state index is 12.4. The van der Waals surface area contributed by atoms with E-state index in [1.165, 1.54) is 28.6 Å². The van der Waals surface area contributed by atoms with Crippen LogP contribution >= 0.6 is 23.1 Å². The van der Waals surface area contributed by atoms with Crippen LogP contribution in [0.25, 0.3) is 10.2 Å². The highest BCUT2D eigenvalue weighted by Gasteiger charge is 2.21. The summed E-state index contributed by atoms with van der Waals surface area (Å²) in [6, 6.07) is 5.73. The molecule has 0 aliphatic heterocycles. The number of thioether (sulfide) groups is 1. The van der Waals surface area contributed by atoms with Crippen LogP contribution in [0.4, 0.5) is 5.69 Å². The monoisotopic (exact) mass is 385 g/mol. The number of fused-ring (bicyclic) bond motifs is 3. The summed E-state index contributed by atoms with van der Waals surface area (Å²) >= 11 is 3.23. The molecule has 26 heavy (non-hydrogen) atoms. The minimum atomic E-state index is -0.0717. The number of nitrogens with one attached hydrogen (secondary N) is 1. The quantitative estimate of drug-likeness (QED) is 0.526. The maximum Gasteiger partial charge on any atom is 0.234 e. The number of nitrogens with zero attached hydrogens (tertiary/aromatic N) is 2. The Balaban J connectivity index is 1.50. The Hall–Kier alpha value is -2.12. The van der Waals surface area contributed by atoms with E-state index in [0.717, 1.165) is 33.6 Å². The van der Waals surface area contributed by atoms with E-state index in [9.17, 15) is 4.79 Å². The van der Waals surface area contributed by atoms with E-state index in [4.69, 9.17) is 4.74 Å². The van der Waals surface area contributed by atoms with E-state index in [-0.39, 0.29) is 5.91 Å². The molecule has 1 aliphatic carbocycles. The highest BCUT2D eigenvalue weighted by Crippen LogP contribution is 2.40. The molecule has 0 unspecified atom stereocenters. The summed E-state index contributed by atoms with van der Waals surface area (Å²) in [5, 5.41) is 4.99. The van der Waals surface area contributed by atoms with Gasteiger partial charge in [-0.2, -0.15) is 0 Å². The summed E-state index contributed by atoms with van der Waals surface area (Å²) in [5.74, 6) is 0.889. The fourth-order valence-corrected chi connectivity index (χ4v) is 5.37. The van der Waals surface area contributed by atoms with Gasteiger partial charge in [0.15, 0.2) is 0 Å². The van der Waals surface area contributed by atoms with E-state index in [1.807, 2.05) is 25.1 Å². The smallest absolute Gasteiger partial charge is 0.234 e. The van der Waals surface area contributed by atoms with Crippen LogP contribution in [-0.2, 0) is 17.6 Å². The van der Waals surface area contributed by atoms with Gasteiger partial charge in [-0.1, -0.05) is 17.8 Å². The third-order valence-electron chi connectivity index (χ3n) is 4.44. The molecule has 1 aliphatic rings. The number of anilines is 1. The van der Waals surface area contributed by atoms with E-state index in [2.05, 4.69) is 15.3 Å². The van der Waals surface area contributed by atoms with Gasteiger partial charge in [0.1, 0.15) is 21.9 Å². The standard InChI is InChI=1S/C19H19N3O2S2/c1-11-6-7-14(24-2)13(8-11)22-16(23)9-25-18-17-12-4-3-5-15(12)26-19(17)21-10-20-18/h6-8,10H,3-5,9H2,1-2H3,(H,22,23). The molecule has 0 fully saturated rings. The SMILES string of the molecule is COc1ccc(C)cc1NC(=O)CSc1ncnc2sc3c(c12)CCC3. The number of benzene rings is 1. The zero-order valence-electron chi connectivity index (χ0n) is 14.7. The Morgan fingerprint density at radius 3 is 3.08 bits per heavy atom. The van der Waals surface area contributed by atoms with Crippen LogP contribution < -0.4 is 10.1 Å². The highest BCUT2D eigenvalue weighted by atomic mass is 32.2. The lowest BCUT2D eigenvalue weighted by molar-refractivity contribution is -0.113. The maximum absolute atomic E-state index is 12.4. The Kier molecular flexibility index (Phi) is 4.82. The molecule has 0 atom stereocenters. The first-order chi connectivity index (χ1) is 12.7. The van der Waals surface area contributed by atoms with Gasteiger partial charge in [0.2, 0.25) is 5.91 Å². The molecular weight excluding hydrogens is 366 g/mol. The van der Waals surface area contributed by atoms with Gasteiger partial charge in [-0.3, -0.25) is 4.79 Å².